The lowest BCUT2D eigenvalue weighted by Crippen LogP contribution is -2.34. The summed E-state index contributed by atoms with van der Waals surface area (Å²) in [6.45, 7) is 0.643. The number of benzene rings is 1. The molecule has 0 aliphatic rings. The number of hydrogen-bond acceptors (Lipinski definition) is 4. The Morgan fingerprint density at radius 3 is 2.39 bits per heavy atom. The average molecular weight is 327 g/mol. The van der Waals surface area contributed by atoms with Gasteiger partial charge in [-0.05, 0) is 18.2 Å². The van der Waals surface area contributed by atoms with Crippen LogP contribution in [0.25, 0.3) is 6.08 Å². The van der Waals surface area contributed by atoms with Crippen LogP contribution in [0, 0.1) is 11.6 Å². The number of halogens is 2. The first-order valence-electron chi connectivity index (χ1n) is 6.96. The van der Waals surface area contributed by atoms with Gasteiger partial charge in [-0.15, -0.1) is 0 Å². The summed E-state index contributed by atoms with van der Waals surface area (Å²) in [5.74, 6) is -2.45. The van der Waals surface area contributed by atoms with Crippen molar-refractivity contribution in [3.63, 3.8) is 0 Å². The maximum atomic E-state index is 13.5. The van der Waals surface area contributed by atoms with E-state index in [-0.39, 0.29) is 31.7 Å². The van der Waals surface area contributed by atoms with Crippen LogP contribution >= 0.6 is 0 Å². The van der Waals surface area contributed by atoms with E-state index in [2.05, 4.69) is 4.74 Å². The first kappa shape index (κ1) is 18.8. The van der Waals surface area contributed by atoms with Gasteiger partial charge in [0, 0.05) is 31.8 Å². The minimum atomic E-state index is -0.757. The molecule has 1 aromatic rings. The first-order valence-corrected chi connectivity index (χ1v) is 6.96. The number of ether oxygens (including phenoxy) is 2. The standard InChI is InChI=1S/C16H19F2NO4/c1-22-11-10-19(9-8-16(21)23-2)15(20)7-6-12-13(17)4-3-5-14(12)18/h3-7H,8-11H2,1-2H3. The fourth-order valence-electron chi connectivity index (χ4n) is 1.79. The van der Waals surface area contributed by atoms with Gasteiger partial charge in [-0.25, -0.2) is 8.78 Å². The van der Waals surface area contributed by atoms with Crippen LogP contribution in [0.2, 0.25) is 0 Å². The van der Waals surface area contributed by atoms with Gasteiger partial charge in [-0.3, -0.25) is 9.59 Å². The number of rotatable bonds is 8. The number of methoxy groups -OCH3 is 2. The summed E-state index contributed by atoms with van der Waals surface area (Å²) < 4.78 is 36.4. The van der Waals surface area contributed by atoms with Gasteiger partial charge in [0.25, 0.3) is 0 Å². The molecule has 1 amide bonds. The molecule has 1 rings (SSSR count). The summed E-state index contributed by atoms with van der Waals surface area (Å²) in [6.07, 6.45) is 2.16. The van der Waals surface area contributed by atoms with E-state index in [9.17, 15) is 18.4 Å². The summed E-state index contributed by atoms with van der Waals surface area (Å²) in [4.78, 5) is 24.6. The second kappa shape index (κ2) is 9.68. The second-order valence-electron chi connectivity index (χ2n) is 4.61. The molecule has 126 valence electrons. The van der Waals surface area contributed by atoms with Crippen LogP contribution in [0.3, 0.4) is 0 Å². The predicted molar refractivity (Wildman–Crippen MR) is 80.5 cm³/mol. The molecule has 0 aromatic heterocycles. The van der Waals surface area contributed by atoms with E-state index in [1.807, 2.05) is 0 Å². The van der Waals surface area contributed by atoms with Crippen molar-refractivity contribution in [2.45, 2.75) is 6.42 Å². The first-order chi connectivity index (χ1) is 11.0. The van der Waals surface area contributed by atoms with Crippen molar-refractivity contribution in [1.29, 1.82) is 0 Å². The molecule has 0 bridgehead atoms. The zero-order valence-corrected chi connectivity index (χ0v) is 13.1. The predicted octanol–water partition coefficient (Wildman–Crippen LogP) is 2.02. The molecule has 0 atom stereocenters. The molecule has 23 heavy (non-hydrogen) atoms. The van der Waals surface area contributed by atoms with E-state index in [1.54, 1.807) is 0 Å². The van der Waals surface area contributed by atoms with Gasteiger partial charge < -0.3 is 14.4 Å². The summed E-state index contributed by atoms with van der Waals surface area (Å²) >= 11 is 0. The molecule has 0 saturated heterocycles. The minimum absolute atomic E-state index is 0.0217. The number of hydrogen-bond donors (Lipinski definition) is 0. The molecule has 0 fully saturated rings. The molecular weight excluding hydrogens is 308 g/mol. The molecule has 0 aliphatic heterocycles. The third-order valence-corrected chi connectivity index (χ3v) is 3.08. The van der Waals surface area contributed by atoms with Crippen molar-refractivity contribution in [1.82, 2.24) is 4.90 Å². The fourth-order valence-corrected chi connectivity index (χ4v) is 1.79. The number of carbonyl (C=O) groups is 2. The molecule has 0 spiro atoms. The minimum Gasteiger partial charge on any atom is -0.469 e. The number of carbonyl (C=O) groups excluding carboxylic acids is 2. The van der Waals surface area contributed by atoms with Crippen molar-refractivity contribution in [2.75, 3.05) is 33.9 Å². The maximum Gasteiger partial charge on any atom is 0.307 e. The Bertz CT molecular complexity index is 555. The van der Waals surface area contributed by atoms with Gasteiger partial charge in [0.2, 0.25) is 5.91 Å². The third-order valence-electron chi connectivity index (χ3n) is 3.08. The Kier molecular flexibility index (Phi) is 7.90. The third kappa shape index (κ3) is 6.15. The Morgan fingerprint density at radius 2 is 1.83 bits per heavy atom. The van der Waals surface area contributed by atoms with Crippen LogP contribution in [-0.4, -0.2) is 50.7 Å². The lowest BCUT2D eigenvalue weighted by Gasteiger charge is -2.20. The van der Waals surface area contributed by atoms with Gasteiger partial charge in [0.05, 0.1) is 20.1 Å². The fraction of sp³-hybridized carbons (Fsp3) is 0.375. The molecule has 0 aliphatic carbocycles. The van der Waals surface area contributed by atoms with E-state index >= 15 is 0 Å². The van der Waals surface area contributed by atoms with Gasteiger partial charge >= 0.3 is 5.97 Å². The van der Waals surface area contributed by atoms with Crippen LogP contribution in [0.15, 0.2) is 24.3 Å². The lowest BCUT2D eigenvalue weighted by molar-refractivity contribution is -0.141. The largest absolute Gasteiger partial charge is 0.469 e. The summed E-state index contributed by atoms with van der Waals surface area (Å²) in [7, 11) is 2.73. The van der Waals surface area contributed by atoms with Crippen molar-refractivity contribution in [3.8, 4) is 0 Å². The monoisotopic (exact) mass is 327 g/mol. The smallest absolute Gasteiger partial charge is 0.307 e. The highest BCUT2D eigenvalue weighted by Crippen LogP contribution is 2.14. The molecule has 1 aromatic carbocycles. The maximum absolute atomic E-state index is 13.5. The SMILES string of the molecule is COCCN(CCC(=O)OC)C(=O)C=Cc1c(F)cccc1F. The van der Waals surface area contributed by atoms with E-state index in [4.69, 9.17) is 4.74 Å². The molecular formula is C16H19F2NO4. The van der Waals surface area contributed by atoms with Gasteiger partial charge in [0.1, 0.15) is 11.6 Å². The van der Waals surface area contributed by atoms with E-state index < -0.39 is 23.5 Å². The Balaban J connectivity index is 2.79. The molecule has 7 heteroatoms. The quantitative estimate of drug-likeness (QED) is 0.541. The van der Waals surface area contributed by atoms with Crippen LogP contribution in [0.5, 0.6) is 0 Å². The highest BCUT2D eigenvalue weighted by atomic mass is 19.1. The van der Waals surface area contributed by atoms with Gasteiger partial charge in [-0.2, -0.15) is 0 Å². The van der Waals surface area contributed by atoms with Crippen molar-refractivity contribution in [3.05, 3.63) is 41.5 Å². The van der Waals surface area contributed by atoms with Crippen molar-refractivity contribution < 1.29 is 27.8 Å². The molecule has 0 N–H and O–H groups in total. The number of nitrogens with zero attached hydrogens (tertiary/aromatic N) is 1. The zero-order chi connectivity index (χ0) is 17.2. The van der Waals surface area contributed by atoms with Crippen molar-refractivity contribution >= 4 is 18.0 Å². The van der Waals surface area contributed by atoms with E-state index in [0.717, 1.165) is 24.3 Å². The van der Waals surface area contributed by atoms with Crippen molar-refractivity contribution in [2.24, 2.45) is 0 Å². The van der Waals surface area contributed by atoms with Crippen LogP contribution in [-0.2, 0) is 19.1 Å². The zero-order valence-electron chi connectivity index (χ0n) is 13.1. The highest BCUT2D eigenvalue weighted by molar-refractivity contribution is 5.92. The summed E-state index contributed by atoms with van der Waals surface area (Å²) in [5, 5.41) is 0. The van der Waals surface area contributed by atoms with Crippen LogP contribution in [0.1, 0.15) is 12.0 Å². The molecule has 0 saturated carbocycles. The number of esters is 1. The molecule has 0 unspecified atom stereocenters. The molecule has 0 heterocycles. The highest BCUT2D eigenvalue weighted by Gasteiger charge is 2.13. The summed E-state index contributed by atoms with van der Waals surface area (Å²) in [5.41, 5.74) is -0.291. The van der Waals surface area contributed by atoms with Gasteiger partial charge in [-0.1, -0.05) is 6.07 Å². The Morgan fingerprint density at radius 1 is 1.17 bits per heavy atom. The molecule has 0 radical (unpaired) electrons. The molecule has 5 nitrogen and oxygen atoms in total. The van der Waals surface area contributed by atoms with E-state index in [1.165, 1.54) is 25.2 Å². The summed E-state index contributed by atoms with van der Waals surface area (Å²) in [6, 6.07) is 3.45. The Hall–Kier alpha value is -2.28. The topological polar surface area (TPSA) is 55.8 Å². The average Bonchev–Trinajstić information content (AvgIpc) is 2.53. The lowest BCUT2D eigenvalue weighted by atomic mass is 10.2. The second-order valence-corrected chi connectivity index (χ2v) is 4.61. The Labute approximate surface area is 133 Å². The van der Waals surface area contributed by atoms with Crippen LogP contribution in [0.4, 0.5) is 8.78 Å². The van der Waals surface area contributed by atoms with Crippen LogP contribution < -0.4 is 0 Å². The number of amides is 1. The van der Waals surface area contributed by atoms with E-state index in [0.29, 0.717) is 0 Å². The normalized spacial score (nSPS) is 10.8. The van der Waals surface area contributed by atoms with Gasteiger partial charge in [0.15, 0.2) is 0 Å².